The van der Waals surface area contributed by atoms with Crippen molar-refractivity contribution in [2.75, 3.05) is 22.6 Å². The number of fused-ring (bicyclic) bond motifs is 1. The van der Waals surface area contributed by atoms with Crippen LogP contribution >= 0.6 is 0 Å². The van der Waals surface area contributed by atoms with Gasteiger partial charge in [-0.3, -0.25) is 9.69 Å². The Labute approximate surface area is 252 Å². The molecule has 0 spiro atoms. The molecule has 2 aliphatic rings. The maximum Gasteiger partial charge on any atom is 0.416 e. The molecule has 2 aliphatic heterocycles. The number of hydrogen-bond acceptors (Lipinski definition) is 6. The summed E-state index contributed by atoms with van der Waals surface area (Å²) in [6.07, 6.45) is -3.95. The van der Waals surface area contributed by atoms with Crippen molar-refractivity contribution in [1.82, 2.24) is 0 Å². The molecule has 0 aliphatic carbocycles. The van der Waals surface area contributed by atoms with Crippen molar-refractivity contribution < 1.29 is 40.6 Å². The van der Waals surface area contributed by atoms with Gasteiger partial charge in [0.2, 0.25) is 5.91 Å². The van der Waals surface area contributed by atoms with Gasteiger partial charge >= 0.3 is 6.18 Å². The summed E-state index contributed by atoms with van der Waals surface area (Å²) in [4.78, 5) is 14.9. The predicted molar refractivity (Wildman–Crippen MR) is 158 cm³/mol. The molecule has 0 radical (unpaired) electrons. The van der Waals surface area contributed by atoms with Crippen LogP contribution in [0.5, 0.6) is 11.5 Å². The number of amides is 1. The number of alkyl halides is 3. The summed E-state index contributed by atoms with van der Waals surface area (Å²) in [6.45, 7) is 7.10. The Morgan fingerprint density at radius 1 is 1.16 bits per heavy atom. The fourth-order valence-electron chi connectivity index (χ4n) is 5.83. The first-order chi connectivity index (χ1) is 20.6. The highest BCUT2D eigenvalue weighted by atomic mass is 32.2. The highest BCUT2D eigenvalue weighted by molar-refractivity contribution is 7.95. The number of hydrogen-bond donors (Lipinski definition) is 2. The van der Waals surface area contributed by atoms with Gasteiger partial charge in [0.05, 0.1) is 28.3 Å². The van der Waals surface area contributed by atoms with Crippen LogP contribution in [0.1, 0.15) is 43.0 Å². The Balaban J connectivity index is 1.78. The van der Waals surface area contributed by atoms with Crippen molar-refractivity contribution in [2.24, 2.45) is 5.41 Å². The zero-order valence-electron chi connectivity index (χ0n) is 23.9. The van der Waals surface area contributed by atoms with E-state index < -0.39 is 51.2 Å². The normalized spacial score (nSPS) is 18.9. The second kappa shape index (κ2) is 11.3. The number of aromatic hydroxyl groups is 1. The molecule has 1 amide bonds. The fraction of sp³-hybridized carbons (Fsp3) is 0.281. The molecule has 232 valence electrons. The minimum Gasteiger partial charge on any atom is -0.506 e. The van der Waals surface area contributed by atoms with Crippen LogP contribution < -0.4 is 15.0 Å². The van der Waals surface area contributed by atoms with Crippen LogP contribution in [0.25, 0.3) is 0 Å². The first-order valence-corrected chi connectivity index (χ1v) is 15.3. The van der Waals surface area contributed by atoms with Gasteiger partial charge in [-0.15, -0.1) is 0 Å². The second-order valence-electron chi connectivity index (χ2n) is 11.5. The van der Waals surface area contributed by atoms with Crippen molar-refractivity contribution in [3.63, 3.8) is 0 Å². The molecule has 0 fully saturated rings. The lowest BCUT2D eigenvalue weighted by Crippen LogP contribution is -2.42. The molecule has 2 heterocycles. The molecule has 12 heteroatoms. The lowest BCUT2D eigenvalue weighted by atomic mass is 9.88. The van der Waals surface area contributed by atoms with Gasteiger partial charge in [0.15, 0.2) is 9.84 Å². The fourth-order valence-corrected chi connectivity index (χ4v) is 8.19. The molecule has 44 heavy (non-hydrogen) atoms. The Bertz CT molecular complexity index is 1780. The molecule has 0 bridgehead atoms. The molecule has 1 atom stereocenters. The van der Waals surface area contributed by atoms with E-state index in [0.717, 1.165) is 23.1 Å². The minimum atomic E-state index is -4.77. The van der Waals surface area contributed by atoms with Crippen LogP contribution in [-0.4, -0.2) is 31.8 Å². The van der Waals surface area contributed by atoms with E-state index in [4.69, 9.17) is 4.74 Å². The number of phenolic OH excluding ortho intramolecular Hbond substituents is 1. The van der Waals surface area contributed by atoms with E-state index in [1.165, 1.54) is 48.5 Å². The van der Waals surface area contributed by atoms with Crippen molar-refractivity contribution in [3.8, 4) is 11.5 Å². The van der Waals surface area contributed by atoms with E-state index in [2.05, 4.69) is 11.9 Å². The molecule has 0 saturated carbocycles. The number of nitrogens with one attached hydrogen (secondary N) is 1. The Hall–Kier alpha value is -4.32. The SMILES string of the molecule is C=CCOc1ccc(C2C3=C(CC(C)(C)CS3(=O)=O)Nc3c(O)cccc3N2C(=O)Cc2ccccc2C(F)(F)F)c(F)c1. The van der Waals surface area contributed by atoms with Gasteiger partial charge in [-0.25, -0.2) is 12.8 Å². The smallest absolute Gasteiger partial charge is 0.416 e. The van der Waals surface area contributed by atoms with Gasteiger partial charge in [0.25, 0.3) is 0 Å². The van der Waals surface area contributed by atoms with Crippen molar-refractivity contribution >= 4 is 27.1 Å². The van der Waals surface area contributed by atoms with Gasteiger partial charge in [0, 0.05) is 17.3 Å². The number of sulfone groups is 1. The number of para-hydroxylation sites is 1. The molecular weight excluding hydrogens is 600 g/mol. The average molecular weight is 631 g/mol. The highest BCUT2D eigenvalue weighted by Crippen LogP contribution is 2.52. The number of phenols is 1. The third-order valence-electron chi connectivity index (χ3n) is 7.50. The Kier molecular flexibility index (Phi) is 8.00. The molecule has 2 N–H and O–H groups in total. The quantitative estimate of drug-likeness (QED) is 0.175. The number of carbonyl (C=O) groups excluding carboxylic acids is 1. The van der Waals surface area contributed by atoms with Crippen molar-refractivity contribution in [3.05, 3.63) is 106 Å². The maximum atomic E-state index is 16.0. The van der Waals surface area contributed by atoms with Gasteiger partial charge in [-0.05, 0) is 47.7 Å². The van der Waals surface area contributed by atoms with Crippen LogP contribution in [0.15, 0.2) is 83.9 Å². The van der Waals surface area contributed by atoms with Crippen LogP contribution in [0.3, 0.4) is 0 Å². The largest absolute Gasteiger partial charge is 0.506 e. The number of benzene rings is 3. The molecule has 0 saturated heterocycles. The van der Waals surface area contributed by atoms with E-state index >= 15 is 4.39 Å². The van der Waals surface area contributed by atoms with Gasteiger partial charge in [-0.1, -0.05) is 50.8 Å². The van der Waals surface area contributed by atoms with E-state index in [0.29, 0.717) is 0 Å². The number of allylic oxidation sites excluding steroid dienone is 1. The van der Waals surface area contributed by atoms with Crippen molar-refractivity contribution in [1.29, 1.82) is 0 Å². The zero-order valence-corrected chi connectivity index (χ0v) is 24.7. The minimum absolute atomic E-state index is 0.0285. The summed E-state index contributed by atoms with van der Waals surface area (Å²) in [5.41, 5.74) is -2.29. The number of rotatable bonds is 6. The lowest BCUT2D eigenvalue weighted by Gasteiger charge is -2.37. The summed E-state index contributed by atoms with van der Waals surface area (Å²) in [7, 11) is -4.20. The van der Waals surface area contributed by atoms with Crippen LogP contribution in [0.4, 0.5) is 28.9 Å². The third kappa shape index (κ3) is 5.90. The number of anilines is 2. The molecule has 7 nitrogen and oxygen atoms in total. The topological polar surface area (TPSA) is 95.9 Å². The first kappa shape index (κ1) is 31.1. The lowest BCUT2D eigenvalue weighted by molar-refractivity contribution is -0.138. The maximum absolute atomic E-state index is 16.0. The van der Waals surface area contributed by atoms with Crippen LogP contribution in [0.2, 0.25) is 0 Å². The summed E-state index contributed by atoms with van der Waals surface area (Å²) < 4.78 is 91.2. The zero-order chi connectivity index (χ0) is 32.0. The van der Waals surface area contributed by atoms with E-state index in [1.807, 2.05) is 0 Å². The average Bonchev–Trinajstić information content (AvgIpc) is 3.06. The molecule has 0 aromatic heterocycles. The number of carbonyl (C=O) groups is 1. The van der Waals surface area contributed by atoms with Crippen LogP contribution in [-0.2, 0) is 27.2 Å². The van der Waals surface area contributed by atoms with Gasteiger partial charge < -0.3 is 15.2 Å². The van der Waals surface area contributed by atoms with E-state index in [9.17, 15) is 31.5 Å². The molecular formula is C32H30F4N2O5S. The predicted octanol–water partition coefficient (Wildman–Crippen LogP) is 6.91. The monoisotopic (exact) mass is 630 g/mol. The third-order valence-corrected chi connectivity index (χ3v) is 9.80. The first-order valence-electron chi connectivity index (χ1n) is 13.7. The van der Waals surface area contributed by atoms with Crippen molar-refractivity contribution in [2.45, 2.75) is 38.9 Å². The summed E-state index contributed by atoms with van der Waals surface area (Å²) in [5.74, 6) is -2.39. The molecule has 1 unspecified atom stereocenters. The molecule has 3 aromatic rings. The number of ether oxygens (including phenoxy) is 1. The standard InChI is InChI=1S/C32H30F4N2O5S/c1-4-14-43-20-12-13-21(23(33)16-20)29-30-24(17-31(2,3)18-44(30,41)42)37-28-25(10-7-11-26(28)39)38(29)27(40)15-19-8-5-6-9-22(19)32(34,35)36/h4-13,16,29,37,39H,1,14-15,17-18H2,2-3H3. The number of halogens is 4. The Morgan fingerprint density at radius 2 is 1.89 bits per heavy atom. The van der Waals surface area contributed by atoms with E-state index in [1.54, 1.807) is 13.8 Å². The summed E-state index contributed by atoms with van der Waals surface area (Å²) in [6, 6.07) is 10.8. The van der Waals surface area contributed by atoms with E-state index in [-0.39, 0.29) is 63.4 Å². The Morgan fingerprint density at radius 3 is 2.57 bits per heavy atom. The number of nitrogens with zero attached hydrogens (tertiary/aromatic N) is 1. The highest BCUT2D eigenvalue weighted by Gasteiger charge is 2.48. The van der Waals surface area contributed by atoms with Gasteiger partial charge in [0.1, 0.15) is 35.7 Å². The molecule has 5 rings (SSSR count). The van der Waals surface area contributed by atoms with Gasteiger partial charge in [-0.2, -0.15) is 13.2 Å². The summed E-state index contributed by atoms with van der Waals surface area (Å²) in [5, 5.41) is 13.9. The second-order valence-corrected chi connectivity index (χ2v) is 13.5. The molecule has 3 aromatic carbocycles. The summed E-state index contributed by atoms with van der Waals surface area (Å²) >= 11 is 0. The van der Waals surface area contributed by atoms with Crippen LogP contribution in [0, 0.1) is 11.2 Å².